The molecule has 10 nitrogen and oxygen atoms in total. The monoisotopic (exact) mass is 585 g/mol. The van der Waals surface area contributed by atoms with Gasteiger partial charge in [-0.1, -0.05) is 45.0 Å². The zero-order valence-electron chi connectivity index (χ0n) is 20.1. The number of methoxy groups -OCH3 is 1. The molecule has 0 aliphatic carbocycles. The Labute approximate surface area is 224 Å². The van der Waals surface area contributed by atoms with E-state index in [9.17, 15) is 14.4 Å². The topological polar surface area (TPSA) is 128 Å². The van der Waals surface area contributed by atoms with Crippen LogP contribution in [0.25, 0.3) is 10.9 Å². The maximum atomic E-state index is 13.5. The number of carbonyl (C=O) groups is 2. The molecule has 12 heteroatoms. The molecular weight excluding hydrogens is 562 g/mol. The SMILES string of the molecule is COCCNC(=O)c1ccc(Cn2c(SCC(=O)Nc3cc(C)on3)nc3ccc(Br)cc3c2=O)cc1. The Balaban J connectivity index is 1.57. The van der Waals surface area contributed by atoms with E-state index >= 15 is 0 Å². The number of amides is 2. The Bertz CT molecular complexity index is 1490. The van der Waals surface area contributed by atoms with Crippen LogP contribution >= 0.6 is 27.7 Å². The van der Waals surface area contributed by atoms with Gasteiger partial charge in [0.25, 0.3) is 11.5 Å². The summed E-state index contributed by atoms with van der Waals surface area (Å²) in [7, 11) is 1.57. The average Bonchev–Trinajstić information content (AvgIpc) is 3.29. The lowest BCUT2D eigenvalue weighted by Gasteiger charge is -2.14. The molecule has 37 heavy (non-hydrogen) atoms. The van der Waals surface area contributed by atoms with Gasteiger partial charge in [-0.15, -0.1) is 0 Å². The lowest BCUT2D eigenvalue weighted by Crippen LogP contribution is -2.27. The van der Waals surface area contributed by atoms with Gasteiger partial charge < -0.3 is 19.9 Å². The Morgan fingerprint density at radius 2 is 1.95 bits per heavy atom. The first-order valence-corrected chi connectivity index (χ1v) is 13.0. The molecule has 0 aliphatic heterocycles. The molecule has 0 aliphatic rings. The van der Waals surface area contributed by atoms with Crippen molar-refractivity contribution in [3.05, 3.63) is 80.2 Å². The second-order valence-electron chi connectivity index (χ2n) is 8.05. The first kappa shape index (κ1) is 26.6. The number of rotatable bonds is 10. The molecule has 0 radical (unpaired) electrons. The number of hydrogen-bond acceptors (Lipinski definition) is 8. The largest absolute Gasteiger partial charge is 0.383 e. The summed E-state index contributed by atoms with van der Waals surface area (Å²) < 4.78 is 12.2. The smallest absolute Gasteiger partial charge is 0.262 e. The highest BCUT2D eigenvalue weighted by Gasteiger charge is 2.15. The van der Waals surface area contributed by atoms with Gasteiger partial charge in [0.1, 0.15) is 5.76 Å². The van der Waals surface area contributed by atoms with Crippen LogP contribution in [0.5, 0.6) is 0 Å². The molecule has 2 aromatic heterocycles. The van der Waals surface area contributed by atoms with Crippen LogP contribution in [0.2, 0.25) is 0 Å². The summed E-state index contributed by atoms with van der Waals surface area (Å²) in [4.78, 5) is 42.9. The first-order valence-electron chi connectivity index (χ1n) is 11.3. The number of aromatic nitrogens is 3. The third kappa shape index (κ3) is 6.85. The third-order valence-corrected chi connectivity index (χ3v) is 6.73. The quantitative estimate of drug-likeness (QED) is 0.164. The van der Waals surface area contributed by atoms with Crippen LogP contribution in [0.3, 0.4) is 0 Å². The maximum absolute atomic E-state index is 13.5. The summed E-state index contributed by atoms with van der Waals surface area (Å²) in [6, 6.07) is 13.9. The molecule has 0 unspecified atom stereocenters. The minimum atomic E-state index is -0.307. The van der Waals surface area contributed by atoms with Crippen LogP contribution in [0, 0.1) is 6.92 Å². The molecule has 0 spiro atoms. The van der Waals surface area contributed by atoms with Crippen molar-refractivity contribution in [2.75, 3.05) is 31.3 Å². The van der Waals surface area contributed by atoms with E-state index in [1.165, 1.54) is 4.57 Å². The summed E-state index contributed by atoms with van der Waals surface area (Å²) in [6.45, 7) is 2.78. The lowest BCUT2D eigenvalue weighted by molar-refractivity contribution is -0.113. The van der Waals surface area contributed by atoms with Gasteiger partial charge in [0, 0.05) is 29.8 Å². The minimum Gasteiger partial charge on any atom is -0.383 e. The van der Waals surface area contributed by atoms with Gasteiger partial charge in [0.2, 0.25) is 5.91 Å². The summed E-state index contributed by atoms with van der Waals surface area (Å²) in [5.41, 5.74) is 1.60. The Kier molecular flexibility index (Phi) is 8.74. The summed E-state index contributed by atoms with van der Waals surface area (Å²) in [5, 5.41) is 10.0. The van der Waals surface area contributed by atoms with Crippen LogP contribution in [-0.4, -0.2) is 52.5 Å². The van der Waals surface area contributed by atoms with Gasteiger partial charge in [-0.25, -0.2) is 4.98 Å². The van der Waals surface area contributed by atoms with Crippen molar-refractivity contribution >= 4 is 56.2 Å². The fourth-order valence-corrected chi connectivity index (χ4v) is 4.63. The van der Waals surface area contributed by atoms with E-state index in [1.807, 2.05) is 6.07 Å². The Morgan fingerprint density at radius 1 is 1.16 bits per heavy atom. The van der Waals surface area contributed by atoms with E-state index in [0.29, 0.717) is 46.4 Å². The zero-order chi connectivity index (χ0) is 26.4. The van der Waals surface area contributed by atoms with Crippen LogP contribution in [0.15, 0.2) is 67.5 Å². The van der Waals surface area contributed by atoms with Crippen molar-refractivity contribution in [2.24, 2.45) is 0 Å². The van der Waals surface area contributed by atoms with Gasteiger partial charge in [-0.2, -0.15) is 0 Å². The van der Waals surface area contributed by atoms with E-state index < -0.39 is 0 Å². The van der Waals surface area contributed by atoms with E-state index in [4.69, 9.17) is 9.26 Å². The van der Waals surface area contributed by atoms with E-state index in [-0.39, 0.29) is 29.7 Å². The standard InChI is InChI=1S/C25H24BrN5O5S/c1-15-11-21(30-36-15)29-22(32)14-37-25-28-20-8-7-18(26)12-19(20)24(34)31(25)13-16-3-5-17(6-4-16)23(33)27-9-10-35-2/h3-8,11-12H,9-10,13-14H2,1-2H3,(H,27,33)(H,29,30,32). The predicted molar refractivity (Wildman–Crippen MR) is 144 cm³/mol. The normalized spacial score (nSPS) is 11.0. The number of hydrogen-bond donors (Lipinski definition) is 2. The van der Waals surface area contributed by atoms with Gasteiger partial charge in [0.15, 0.2) is 11.0 Å². The number of halogens is 1. The van der Waals surface area contributed by atoms with Crippen molar-refractivity contribution in [3.63, 3.8) is 0 Å². The number of thioether (sulfide) groups is 1. The summed E-state index contributed by atoms with van der Waals surface area (Å²) >= 11 is 4.56. The lowest BCUT2D eigenvalue weighted by atomic mass is 10.1. The van der Waals surface area contributed by atoms with E-state index in [0.717, 1.165) is 21.8 Å². The number of benzene rings is 2. The predicted octanol–water partition coefficient (Wildman–Crippen LogP) is 3.61. The molecule has 4 aromatic rings. The number of anilines is 1. The van der Waals surface area contributed by atoms with Gasteiger partial charge in [-0.05, 0) is 42.8 Å². The Hall–Kier alpha value is -3.48. The van der Waals surface area contributed by atoms with Crippen LogP contribution in [0.4, 0.5) is 5.82 Å². The van der Waals surface area contributed by atoms with Crippen LogP contribution in [0.1, 0.15) is 21.7 Å². The first-order chi connectivity index (χ1) is 17.8. The third-order valence-electron chi connectivity index (χ3n) is 5.26. The summed E-state index contributed by atoms with van der Waals surface area (Å²) in [5.74, 6) is 0.406. The van der Waals surface area contributed by atoms with Gasteiger partial charge in [-0.3, -0.25) is 19.0 Å². The Morgan fingerprint density at radius 3 is 2.65 bits per heavy atom. The van der Waals surface area contributed by atoms with Crippen molar-refractivity contribution in [1.29, 1.82) is 0 Å². The maximum Gasteiger partial charge on any atom is 0.262 e. The highest BCUT2D eigenvalue weighted by molar-refractivity contribution is 9.10. The molecule has 2 amide bonds. The number of aryl methyl sites for hydroxylation is 1. The highest BCUT2D eigenvalue weighted by Crippen LogP contribution is 2.22. The molecule has 0 saturated heterocycles. The number of ether oxygens (including phenoxy) is 1. The molecular formula is C25H24BrN5O5S. The van der Waals surface area contributed by atoms with E-state index in [2.05, 4.69) is 36.7 Å². The molecule has 0 saturated carbocycles. The fourth-order valence-electron chi connectivity index (χ4n) is 3.47. The fraction of sp³-hybridized carbons (Fsp3) is 0.240. The highest BCUT2D eigenvalue weighted by atomic mass is 79.9. The molecule has 0 fully saturated rings. The average molecular weight is 586 g/mol. The minimum absolute atomic E-state index is 0.0148. The van der Waals surface area contributed by atoms with Gasteiger partial charge >= 0.3 is 0 Å². The molecule has 4 rings (SSSR count). The van der Waals surface area contributed by atoms with Gasteiger partial charge in [0.05, 0.1) is 29.8 Å². The number of carbonyl (C=O) groups excluding carboxylic acids is 2. The van der Waals surface area contributed by atoms with Crippen LogP contribution in [-0.2, 0) is 16.1 Å². The molecule has 0 atom stereocenters. The van der Waals surface area contributed by atoms with E-state index in [1.54, 1.807) is 56.5 Å². The summed E-state index contributed by atoms with van der Waals surface area (Å²) in [6.07, 6.45) is 0. The zero-order valence-corrected chi connectivity index (χ0v) is 22.5. The second kappa shape index (κ2) is 12.2. The molecule has 192 valence electrons. The molecule has 2 N–H and O–H groups in total. The van der Waals surface area contributed by atoms with Crippen LogP contribution < -0.4 is 16.2 Å². The van der Waals surface area contributed by atoms with Crippen molar-refractivity contribution < 1.29 is 18.8 Å². The van der Waals surface area contributed by atoms with Crippen molar-refractivity contribution in [1.82, 2.24) is 20.0 Å². The molecule has 2 aromatic carbocycles. The number of fused-ring (bicyclic) bond motifs is 1. The van der Waals surface area contributed by atoms with Crippen molar-refractivity contribution in [2.45, 2.75) is 18.6 Å². The molecule has 0 bridgehead atoms. The number of nitrogens with one attached hydrogen (secondary N) is 2. The molecule has 2 heterocycles. The second-order valence-corrected chi connectivity index (χ2v) is 9.91. The van der Waals surface area contributed by atoms with Crippen molar-refractivity contribution in [3.8, 4) is 0 Å². The number of nitrogens with zero attached hydrogens (tertiary/aromatic N) is 3.